The average molecular weight is 205 g/mol. The van der Waals surface area contributed by atoms with E-state index in [9.17, 15) is 4.79 Å². The molecule has 0 spiro atoms. The zero-order valence-corrected chi connectivity index (χ0v) is 8.51. The maximum Gasteiger partial charge on any atom is 0.356 e. The van der Waals surface area contributed by atoms with Gasteiger partial charge >= 0.3 is 5.97 Å². The summed E-state index contributed by atoms with van der Waals surface area (Å²) in [5, 5.41) is 8.91. The molecule has 0 aliphatic heterocycles. The van der Waals surface area contributed by atoms with Gasteiger partial charge in [0, 0.05) is 26.0 Å². The molecule has 1 N–H and O–H groups in total. The van der Waals surface area contributed by atoms with Crippen LogP contribution < -0.4 is 4.90 Å². The lowest BCUT2D eigenvalue weighted by Gasteiger charge is -2.12. The Morgan fingerprint density at radius 1 is 1.53 bits per heavy atom. The molecular formula is C10H11N3O2. The van der Waals surface area contributed by atoms with Gasteiger partial charge in [-0.2, -0.15) is 0 Å². The van der Waals surface area contributed by atoms with Crippen LogP contribution in [0.3, 0.4) is 0 Å². The van der Waals surface area contributed by atoms with E-state index >= 15 is 0 Å². The normalized spacial score (nSPS) is 10.5. The molecule has 0 aliphatic carbocycles. The van der Waals surface area contributed by atoms with Crippen molar-refractivity contribution in [3.8, 4) is 0 Å². The molecule has 2 rings (SSSR count). The van der Waals surface area contributed by atoms with E-state index in [-0.39, 0.29) is 5.69 Å². The molecule has 2 aromatic rings. The van der Waals surface area contributed by atoms with Crippen molar-refractivity contribution in [2.24, 2.45) is 0 Å². The number of carboxylic acids is 1. The van der Waals surface area contributed by atoms with Crippen LogP contribution in [0.2, 0.25) is 0 Å². The molecule has 0 aliphatic rings. The largest absolute Gasteiger partial charge is 0.476 e. The summed E-state index contributed by atoms with van der Waals surface area (Å²) >= 11 is 0. The Morgan fingerprint density at radius 2 is 2.27 bits per heavy atom. The lowest BCUT2D eigenvalue weighted by Crippen LogP contribution is -2.09. The van der Waals surface area contributed by atoms with Crippen LogP contribution in [-0.4, -0.2) is 34.6 Å². The maximum absolute atomic E-state index is 10.9. The summed E-state index contributed by atoms with van der Waals surface area (Å²) < 4.78 is 1.69. The molecule has 0 aromatic carbocycles. The smallest absolute Gasteiger partial charge is 0.356 e. The Kier molecular flexibility index (Phi) is 2.07. The maximum atomic E-state index is 10.9. The van der Waals surface area contributed by atoms with E-state index in [2.05, 4.69) is 4.98 Å². The second-order valence-corrected chi connectivity index (χ2v) is 3.47. The first-order valence-electron chi connectivity index (χ1n) is 4.47. The Morgan fingerprint density at radius 3 is 2.87 bits per heavy atom. The molecule has 15 heavy (non-hydrogen) atoms. The fourth-order valence-electron chi connectivity index (χ4n) is 1.42. The van der Waals surface area contributed by atoms with Gasteiger partial charge in [0.2, 0.25) is 0 Å². The predicted octanol–water partition coefficient (Wildman–Crippen LogP) is 1.10. The van der Waals surface area contributed by atoms with E-state index in [4.69, 9.17) is 5.11 Å². The zero-order chi connectivity index (χ0) is 11.0. The van der Waals surface area contributed by atoms with Crippen molar-refractivity contribution in [3.05, 3.63) is 30.4 Å². The van der Waals surface area contributed by atoms with Gasteiger partial charge in [-0.3, -0.25) is 0 Å². The van der Waals surface area contributed by atoms with E-state index < -0.39 is 5.97 Å². The molecule has 2 heterocycles. The van der Waals surface area contributed by atoms with Crippen molar-refractivity contribution < 1.29 is 9.90 Å². The molecule has 2 aromatic heterocycles. The summed E-state index contributed by atoms with van der Waals surface area (Å²) in [6.07, 6.45) is 3.29. The standard InChI is InChI=1S/C10H11N3O2/c1-12(2)7-3-4-13-6-11-9(10(14)15)8(13)5-7/h3-6H,1-2H3,(H,14,15). The molecule has 0 saturated heterocycles. The number of carboxylic acid groups (broad SMARTS) is 1. The van der Waals surface area contributed by atoms with E-state index in [1.54, 1.807) is 16.7 Å². The summed E-state index contributed by atoms with van der Waals surface area (Å²) in [4.78, 5) is 16.6. The number of aromatic carboxylic acids is 1. The third-order valence-electron chi connectivity index (χ3n) is 2.24. The van der Waals surface area contributed by atoms with Crippen LogP contribution in [-0.2, 0) is 0 Å². The number of pyridine rings is 1. The highest BCUT2D eigenvalue weighted by Gasteiger charge is 2.12. The number of imidazole rings is 1. The van der Waals surface area contributed by atoms with Crippen LogP contribution in [0.1, 0.15) is 10.5 Å². The lowest BCUT2D eigenvalue weighted by molar-refractivity contribution is 0.0693. The minimum absolute atomic E-state index is 0.0821. The Hall–Kier alpha value is -2.04. The number of hydrogen-bond acceptors (Lipinski definition) is 3. The van der Waals surface area contributed by atoms with Gasteiger partial charge < -0.3 is 14.4 Å². The fourth-order valence-corrected chi connectivity index (χ4v) is 1.42. The van der Waals surface area contributed by atoms with Gasteiger partial charge in [-0.05, 0) is 12.1 Å². The van der Waals surface area contributed by atoms with Crippen LogP contribution in [0.25, 0.3) is 5.52 Å². The third-order valence-corrected chi connectivity index (χ3v) is 2.24. The van der Waals surface area contributed by atoms with Gasteiger partial charge in [-0.25, -0.2) is 9.78 Å². The van der Waals surface area contributed by atoms with Crippen molar-refractivity contribution in [3.63, 3.8) is 0 Å². The van der Waals surface area contributed by atoms with E-state index in [1.807, 2.05) is 25.1 Å². The monoisotopic (exact) mass is 205 g/mol. The number of aromatic nitrogens is 2. The van der Waals surface area contributed by atoms with Crippen LogP contribution >= 0.6 is 0 Å². The highest BCUT2D eigenvalue weighted by molar-refractivity contribution is 5.94. The molecular weight excluding hydrogens is 194 g/mol. The molecule has 0 bridgehead atoms. The van der Waals surface area contributed by atoms with E-state index in [0.717, 1.165) is 5.69 Å². The molecule has 0 fully saturated rings. The number of fused-ring (bicyclic) bond motifs is 1. The number of carbonyl (C=O) groups is 1. The van der Waals surface area contributed by atoms with Crippen LogP contribution in [0, 0.1) is 0 Å². The zero-order valence-electron chi connectivity index (χ0n) is 8.51. The molecule has 0 amide bonds. The van der Waals surface area contributed by atoms with Gasteiger partial charge in [0.1, 0.15) is 6.33 Å². The molecule has 5 heteroatoms. The summed E-state index contributed by atoms with van der Waals surface area (Å²) in [7, 11) is 3.81. The van der Waals surface area contributed by atoms with Gasteiger partial charge in [-0.1, -0.05) is 0 Å². The topological polar surface area (TPSA) is 57.8 Å². The predicted molar refractivity (Wildman–Crippen MR) is 56.5 cm³/mol. The number of hydrogen-bond donors (Lipinski definition) is 1. The molecule has 0 saturated carbocycles. The highest BCUT2D eigenvalue weighted by Crippen LogP contribution is 2.17. The first-order chi connectivity index (χ1) is 7.09. The first-order valence-corrected chi connectivity index (χ1v) is 4.47. The number of nitrogens with zero attached hydrogens (tertiary/aromatic N) is 3. The molecule has 78 valence electrons. The average Bonchev–Trinajstić information content (AvgIpc) is 2.59. The third kappa shape index (κ3) is 1.52. The minimum atomic E-state index is -1.01. The Labute approximate surface area is 86.6 Å². The molecule has 0 unspecified atom stereocenters. The fraction of sp³-hybridized carbons (Fsp3) is 0.200. The second kappa shape index (κ2) is 3.27. The summed E-state index contributed by atoms with van der Waals surface area (Å²) in [5.74, 6) is -1.01. The second-order valence-electron chi connectivity index (χ2n) is 3.47. The SMILES string of the molecule is CN(C)c1ccn2cnc(C(=O)O)c2c1. The number of rotatable bonds is 2. The number of anilines is 1. The van der Waals surface area contributed by atoms with Crippen molar-refractivity contribution in [1.82, 2.24) is 9.38 Å². The Bertz CT molecular complexity index is 516. The van der Waals surface area contributed by atoms with Crippen LogP contribution in [0.5, 0.6) is 0 Å². The van der Waals surface area contributed by atoms with Crippen molar-refractivity contribution >= 4 is 17.2 Å². The van der Waals surface area contributed by atoms with Crippen molar-refractivity contribution in [2.75, 3.05) is 19.0 Å². The van der Waals surface area contributed by atoms with Gasteiger partial charge in [0.05, 0.1) is 5.52 Å². The molecule has 0 radical (unpaired) electrons. The first kappa shape index (κ1) is 9.51. The van der Waals surface area contributed by atoms with Crippen LogP contribution in [0.15, 0.2) is 24.7 Å². The van der Waals surface area contributed by atoms with Gasteiger partial charge in [0.25, 0.3) is 0 Å². The van der Waals surface area contributed by atoms with E-state index in [1.165, 1.54) is 6.33 Å². The van der Waals surface area contributed by atoms with Crippen molar-refractivity contribution in [1.29, 1.82) is 0 Å². The summed E-state index contributed by atoms with van der Waals surface area (Å²) in [6.45, 7) is 0. The lowest BCUT2D eigenvalue weighted by atomic mass is 10.3. The summed E-state index contributed by atoms with van der Waals surface area (Å²) in [5.41, 5.74) is 1.64. The van der Waals surface area contributed by atoms with Crippen molar-refractivity contribution in [2.45, 2.75) is 0 Å². The van der Waals surface area contributed by atoms with Gasteiger partial charge in [0.15, 0.2) is 5.69 Å². The highest BCUT2D eigenvalue weighted by atomic mass is 16.4. The molecule has 0 atom stereocenters. The molecule has 5 nitrogen and oxygen atoms in total. The van der Waals surface area contributed by atoms with Gasteiger partial charge in [-0.15, -0.1) is 0 Å². The Balaban J connectivity index is 2.66. The quantitative estimate of drug-likeness (QED) is 0.797. The van der Waals surface area contributed by atoms with Crippen LogP contribution in [0.4, 0.5) is 5.69 Å². The van der Waals surface area contributed by atoms with E-state index in [0.29, 0.717) is 5.52 Å². The summed E-state index contributed by atoms with van der Waals surface area (Å²) in [6, 6.07) is 3.71. The minimum Gasteiger partial charge on any atom is -0.476 e.